The zero-order valence-electron chi connectivity index (χ0n) is 22.0. The Morgan fingerprint density at radius 2 is 1.72 bits per heavy atom. The van der Waals surface area contributed by atoms with Crippen LogP contribution in [0.25, 0.3) is 0 Å². The molecule has 2 rings (SSSR count). The van der Waals surface area contributed by atoms with Crippen LogP contribution in [-0.4, -0.2) is 50.0 Å². The minimum Gasteiger partial charge on any atom is -0.352 e. The van der Waals surface area contributed by atoms with E-state index >= 15 is 0 Å². The molecule has 0 radical (unpaired) electrons. The van der Waals surface area contributed by atoms with E-state index in [4.69, 9.17) is 11.6 Å². The van der Waals surface area contributed by atoms with Gasteiger partial charge in [-0.3, -0.25) is 13.9 Å². The zero-order chi connectivity index (χ0) is 27.0. The van der Waals surface area contributed by atoms with Crippen LogP contribution in [0.4, 0.5) is 5.69 Å². The molecule has 2 aromatic rings. The van der Waals surface area contributed by atoms with E-state index in [2.05, 4.69) is 5.32 Å². The van der Waals surface area contributed by atoms with Crippen molar-refractivity contribution in [3.8, 4) is 0 Å². The van der Waals surface area contributed by atoms with Crippen molar-refractivity contribution in [3.63, 3.8) is 0 Å². The second kappa shape index (κ2) is 13.1. The van der Waals surface area contributed by atoms with E-state index in [9.17, 15) is 18.0 Å². The molecule has 2 amide bonds. The third-order valence-corrected chi connectivity index (χ3v) is 8.02. The predicted octanol–water partition coefficient (Wildman–Crippen LogP) is 4.84. The number of anilines is 1. The molecule has 9 heteroatoms. The summed E-state index contributed by atoms with van der Waals surface area (Å²) in [6, 6.07) is 12.2. The fraction of sp³-hybridized carbons (Fsp3) is 0.481. The molecule has 0 saturated heterocycles. The van der Waals surface area contributed by atoms with Crippen molar-refractivity contribution in [2.75, 3.05) is 17.1 Å². The number of benzene rings is 2. The molecule has 0 aliphatic rings. The topological polar surface area (TPSA) is 86.8 Å². The lowest BCUT2D eigenvalue weighted by molar-refractivity contribution is -0.140. The predicted molar refractivity (Wildman–Crippen MR) is 147 cm³/mol. The Labute approximate surface area is 220 Å². The lowest BCUT2D eigenvalue weighted by Crippen LogP contribution is -2.49. The van der Waals surface area contributed by atoms with E-state index < -0.39 is 16.1 Å². The standard InChI is InChI=1S/C27H38ClN3O4S/c1-7-20(3)29-27(33)22(5)30(18-23-13-9-8-12-19(23)2)26(32)16-11-17-31(36(6,34)35)25-15-10-14-24(28)21(25)4/h8-10,12-15,20,22H,7,11,16-18H2,1-6H3,(H,29,33). The molecule has 36 heavy (non-hydrogen) atoms. The minimum atomic E-state index is -3.59. The molecule has 0 heterocycles. The summed E-state index contributed by atoms with van der Waals surface area (Å²) < 4.78 is 26.4. The third kappa shape index (κ3) is 7.96. The second-order valence-corrected chi connectivity index (χ2v) is 11.6. The van der Waals surface area contributed by atoms with Crippen LogP contribution in [0.2, 0.25) is 5.02 Å². The van der Waals surface area contributed by atoms with Gasteiger partial charge in [0, 0.05) is 30.6 Å². The molecule has 0 saturated carbocycles. The van der Waals surface area contributed by atoms with E-state index in [0.717, 1.165) is 23.8 Å². The van der Waals surface area contributed by atoms with Gasteiger partial charge in [-0.25, -0.2) is 8.42 Å². The van der Waals surface area contributed by atoms with E-state index in [1.165, 1.54) is 4.31 Å². The number of carbonyl (C=O) groups excluding carboxylic acids is 2. The van der Waals surface area contributed by atoms with Gasteiger partial charge in [-0.2, -0.15) is 0 Å². The molecule has 0 fully saturated rings. The number of carbonyl (C=O) groups is 2. The lowest BCUT2D eigenvalue weighted by atomic mass is 10.1. The normalized spacial score (nSPS) is 13.1. The van der Waals surface area contributed by atoms with Crippen LogP contribution in [0.3, 0.4) is 0 Å². The summed E-state index contributed by atoms with van der Waals surface area (Å²) in [5, 5.41) is 3.43. The average Bonchev–Trinajstić information content (AvgIpc) is 2.82. The van der Waals surface area contributed by atoms with Gasteiger partial charge in [0.1, 0.15) is 6.04 Å². The highest BCUT2D eigenvalue weighted by molar-refractivity contribution is 7.92. The molecule has 7 nitrogen and oxygen atoms in total. The van der Waals surface area contributed by atoms with Gasteiger partial charge in [0.2, 0.25) is 21.8 Å². The van der Waals surface area contributed by atoms with Gasteiger partial charge in [0.15, 0.2) is 0 Å². The number of hydrogen-bond donors (Lipinski definition) is 1. The largest absolute Gasteiger partial charge is 0.352 e. The maximum absolute atomic E-state index is 13.4. The molecule has 2 atom stereocenters. The highest BCUT2D eigenvalue weighted by Crippen LogP contribution is 2.28. The summed E-state index contributed by atoms with van der Waals surface area (Å²) in [6.07, 6.45) is 2.32. The van der Waals surface area contributed by atoms with Crippen molar-refractivity contribution in [1.82, 2.24) is 10.2 Å². The Balaban J connectivity index is 2.22. The van der Waals surface area contributed by atoms with Crippen molar-refractivity contribution < 1.29 is 18.0 Å². The number of sulfonamides is 1. The van der Waals surface area contributed by atoms with Gasteiger partial charge in [-0.15, -0.1) is 0 Å². The number of hydrogen-bond acceptors (Lipinski definition) is 4. The Hall–Kier alpha value is -2.58. The van der Waals surface area contributed by atoms with Gasteiger partial charge in [0.25, 0.3) is 0 Å². The summed E-state index contributed by atoms with van der Waals surface area (Å²) in [4.78, 5) is 27.9. The first-order chi connectivity index (χ1) is 16.9. The first-order valence-corrected chi connectivity index (χ1v) is 14.5. The summed E-state index contributed by atoms with van der Waals surface area (Å²) >= 11 is 6.21. The van der Waals surface area contributed by atoms with Gasteiger partial charge in [-0.05, 0) is 69.4 Å². The number of aryl methyl sites for hydroxylation is 1. The SMILES string of the molecule is CCC(C)NC(=O)C(C)N(Cc1ccccc1C)C(=O)CCCN(c1cccc(Cl)c1C)S(C)(=O)=O. The highest BCUT2D eigenvalue weighted by atomic mass is 35.5. The summed E-state index contributed by atoms with van der Waals surface area (Å²) in [5.41, 5.74) is 3.15. The third-order valence-electron chi connectivity index (χ3n) is 6.43. The Morgan fingerprint density at radius 3 is 2.33 bits per heavy atom. The molecule has 2 aromatic carbocycles. The molecule has 0 aliphatic heterocycles. The van der Waals surface area contributed by atoms with Crippen LogP contribution in [0, 0.1) is 13.8 Å². The lowest BCUT2D eigenvalue weighted by Gasteiger charge is -2.30. The quantitative estimate of drug-likeness (QED) is 0.421. The highest BCUT2D eigenvalue weighted by Gasteiger charge is 2.28. The number of halogens is 1. The van der Waals surface area contributed by atoms with Crippen LogP contribution < -0.4 is 9.62 Å². The van der Waals surface area contributed by atoms with Crippen LogP contribution in [0.1, 0.15) is 56.7 Å². The van der Waals surface area contributed by atoms with Crippen molar-refractivity contribution >= 4 is 39.1 Å². The van der Waals surface area contributed by atoms with E-state index in [1.807, 2.05) is 45.0 Å². The van der Waals surface area contributed by atoms with Crippen LogP contribution in [0.15, 0.2) is 42.5 Å². The van der Waals surface area contributed by atoms with Crippen molar-refractivity contribution in [2.24, 2.45) is 0 Å². The number of rotatable bonds is 12. The first kappa shape index (κ1) is 29.6. The molecule has 2 unspecified atom stereocenters. The van der Waals surface area contributed by atoms with E-state index in [1.54, 1.807) is 36.9 Å². The Morgan fingerprint density at radius 1 is 1.06 bits per heavy atom. The van der Waals surface area contributed by atoms with Crippen LogP contribution in [-0.2, 0) is 26.2 Å². The Kier molecular flexibility index (Phi) is 10.8. The van der Waals surface area contributed by atoms with Gasteiger partial charge >= 0.3 is 0 Å². The van der Waals surface area contributed by atoms with Crippen LogP contribution in [0.5, 0.6) is 0 Å². The summed E-state index contributed by atoms with van der Waals surface area (Å²) in [7, 11) is -3.59. The molecule has 0 spiro atoms. The van der Waals surface area contributed by atoms with Gasteiger partial charge in [0.05, 0.1) is 11.9 Å². The fourth-order valence-corrected chi connectivity index (χ4v) is 5.05. The van der Waals surface area contributed by atoms with Crippen molar-refractivity contribution in [2.45, 2.75) is 72.5 Å². The maximum atomic E-state index is 13.4. The Bertz CT molecular complexity index is 1170. The van der Waals surface area contributed by atoms with Crippen molar-refractivity contribution in [3.05, 3.63) is 64.2 Å². The molecule has 0 aromatic heterocycles. The van der Waals surface area contributed by atoms with Crippen LogP contribution >= 0.6 is 11.6 Å². The van der Waals surface area contributed by atoms with E-state index in [0.29, 0.717) is 29.2 Å². The molecule has 198 valence electrons. The fourth-order valence-electron chi connectivity index (χ4n) is 3.87. The maximum Gasteiger partial charge on any atom is 0.242 e. The molecular weight excluding hydrogens is 498 g/mol. The summed E-state index contributed by atoms with van der Waals surface area (Å²) in [5.74, 6) is -0.417. The van der Waals surface area contributed by atoms with Gasteiger partial charge in [-0.1, -0.05) is 48.9 Å². The molecule has 1 N–H and O–H groups in total. The summed E-state index contributed by atoms with van der Waals surface area (Å²) in [6.45, 7) is 9.80. The number of nitrogens with zero attached hydrogens (tertiary/aromatic N) is 2. The number of nitrogens with one attached hydrogen (secondary N) is 1. The minimum absolute atomic E-state index is 0.000353. The zero-order valence-corrected chi connectivity index (χ0v) is 23.6. The smallest absolute Gasteiger partial charge is 0.242 e. The van der Waals surface area contributed by atoms with E-state index in [-0.39, 0.29) is 30.8 Å². The van der Waals surface area contributed by atoms with Gasteiger partial charge < -0.3 is 10.2 Å². The molecular formula is C27H38ClN3O4S. The molecule has 0 aliphatic carbocycles. The number of amides is 2. The first-order valence-electron chi connectivity index (χ1n) is 12.2. The average molecular weight is 536 g/mol. The monoisotopic (exact) mass is 535 g/mol. The van der Waals surface area contributed by atoms with Crippen molar-refractivity contribution in [1.29, 1.82) is 0 Å². The molecule has 0 bridgehead atoms. The second-order valence-electron chi connectivity index (χ2n) is 9.26.